The van der Waals surface area contributed by atoms with E-state index in [1.165, 1.54) is 11.8 Å². The summed E-state index contributed by atoms with van der Waals surface area (Å²) < 4.78 is 12.8. The molecule has 130 valence electrons. The Morgan fingerprint density at radius 2 is 2.38 bits per heavy atom. The molecule has 0 bridgehead atoms. The second-order valence-corrected chi connectivity index (χ2v) is 6.77. The molecule has 3 heterocycles. The van der Waals surface area contributed by atoms with Gasteiger partial charge in [-0.15, -0.1) is 5.10 Å². The molecule has 9 heteroatoms. The van der Waals surface area contributed by atoms with E-state index in [1.807, 2.05) is 19.1 Å². The first kappa shape index (κ1) is 17.0. The van der Waals surface area contributed by atoms with E-state index in [2.05, 4.69) is 15.5 Å². The van der Waals surface area contributed by atoms with Crippen molar-refractivity contribution in [3.05, 3.63) is 23.7 Å². The molecule has 1 fully saturated rings. The van der Waals surface area contributed by atoms with Crippen LogP contribution in [0, 0.1) is 6.92 Å². The average Bonchev–Trinajstić information content (AvgIpc) is 3.29. The summed E-state index contributed by atoms with van der Waals surface area (Å²) in [6, 6.07) is 3.77. The third kappa shape index (κ3) is 4.35. The lowest BCUT2D eigenvalue weighted by molar-refractivity contribution is -0.127. The predicted octanol–water partition coefficient (Wildman–Crippen LogP) is 1.50. The van der Waals surface area contributed by atoms with Crippen LogP contribution in [0.1, 0.15) is 24.4 Å². The molecule has 2 aromatic rings. The van der Waals surface area contributed by atoms with Crippen LogP contribution in [-0.2, 0) is 22.6 Å². The number of tetrazole rings is 1. The first-order valence-electron chi connectivity index (χ1n) is 7.91. The first-order valence-corrected chi connectivity index (χ1v) is 8.90. The van der Waals surface area contributed by atoms with Gasteiger partial charge >= 0.3 is 0 Å². The second kappa shape index (κ2) is 7.80. The van der Waals surface area contributed by atoms with E-state index < -0.39 is 0 Å². The van der Waals surface area contributed by atoms with Gasteiger partial charge in [-0.2, -0.15) is 0 Å². The molecule has 0 saturated carbocycles. The van der Waals surface area contributed by atoms with Gasteiger partial charge in [-0.1, -0.05) is 11.8 Å². The number of hydrogen-bond donors (Lipinski definition) is 0. The van der Waals surface area contributed by atoms with Gasteiger partial charge in [0.1, 0.15) is 11.5 Å². The Balaban J connectivity index is 1.49. The Bertz CT molecular complexity index is 680. The standard InChI is InChI=1S/C15H21N5O3S/c1-11-5-6-13(23-11)8-19(2)14(21)10-24-15-16-17-18-20(15)9-12-4-3-7-22-12/h5-6,12H,3-4,7-10H2,1-2H3. The van der Waals surface area contributed by atoms with E-state index in [9.17, 15) is 4.79 Å². The van der Waals surface area contributed by atoms with Crippen molar-refractivity contribution >= 4 is 17.7 Å². The van der Waals surface area contributed by atoms with Crippen molar-refractivity contribution in [2.24, 2.45) is 0 Å². The van der Waals surface area contributed by atoms with Gasteiger partial charge in [0.05, 0.1) is 24.9 Å². The number of ether oxygens (including phenoxy) is 1. The van der Waals surface area contributed by atoms with Crippen LogP contribution in [0.25, 0.3) is 0 Å². The Morgan fingerprint density at radius 3 is 3.08 bits per heavy atom. The van der Waals surface area contributed by atoms with Crippen LogP contribution in [-0.4, -0.2) is 56.5 Å². The minimum atomic E-state index is 0.000666. The highest BCUT2D eigenvalue weighted by Crippen LogP contribution is 2.19. The van der Waals surface area contributed by atoms with Crippen LogP contribution in [0.5, 0.6) is 0 Å². The molecule has 1 aliphatic heterocycles. The highest BCUT2D eigenvalue weighted by atomic mass is 32.2. The summed E-state index contributed by atoms with van der Waals surface area (Å²) in [6.45, 7) is 3.76. The fourth-order valence-corrected chi connectivity index (χ4v) is 3.35. The summed E-state index contributed by atoms with van der Waals surface area (Å²) in [4.78, 5) is 13.9. The molecule has 0 N–H and O–H groups in total. The Kier molecular flexibility index (Phi) is 5.52. The molecule has 1 amide bonds. The van der Waals surface area contributed by atoms with Gasteiger partial charge in [0.15, 0.2) is 0 Å². The van der Waals surface area contributed by atoms with Crippen LogP contribution in [0.15, 0.2) is 21.7 Å². The topological polar surface area (TPSA) is 86.3 Å². The SMILES string of the molecule is Cc1ccc(CN(C)C(=O)CSc2nnnn2CC2CCCO2)o1. The van der Waals surface area contributed by atoms with E-state index in [0.717, 1.165) is 31.0 Å². The monoisotopic (exact) mass is 351 g/mol. The number of carbonyl (C=O) groups excluding carboxylic acids is 1. The lowest BCUT2D eigenvalue weighted by atomic mass is 10.2. The molecule has 1 saturated heterocycles. The van der Waals surface area contributed by atoms with E-state index in [1.54, 1.807) is 16.6 Å². The molecule has 0 radical (unpaired) electrons. The quantitative estimate of drug-likeness (QED) is 0.699. The molecule has 24 heavy (non-hydrogen) atoms. The van der Waals surface area contributed by atoms with E-state index in [4.69, 9.17) is 9.15 Å². The summed E-state index contributed by atoms with van der Waals surface area (Å²) in [5, 5.41) is 12.3. The minimum absolute atomic E-state index is 0.000666. The van der Waals surface area contributed by atoms with Gasteiger partial charge in [0.2, 0.25) is 11.1 Å². The normalized spacial score (nSPS) is 17.3. The van der Waals surface area contributed by atoms with Crippen LogP contribution >= 0.6 is 11.8 Å². The fraction of sp³-hybridized carbons (Fsp3) is 0.600. The third-order valence-corrected chi connectivity index (χ3v) is 4.78. The number of rotatable bonds is 7. The maximum absolute atomic E-state index is 12.3. The number of carbonyl (C=O) groups is 1. The predicted molar refractivity (Wildman–Crippen MR) is 87.4 cm³/mol. The Morgan fingerprint density at radius 1 is 1.50 bits per heavy atom. The zero-order chi connectivity index (χ0) is 16.9. The number of furan rings is 1. The zero-order valence-corrected chi connectivity index (χ0v) is 14.7. The van der Waals surface area contributed by atoms with Crippen LogP contribution < -0.4 is 0 Å². The van der Waals surface area contributed by atoms with Gasteiger partial charge in [-0.05, 0) is 42.3 Å². The average molecular weight is 351 g/mol. The van der Waals surface area contributed by atoms with Crippen LogP contribution in [0.2, 0.25) is 0 Å². The summed E-state index contributed by atoms with van der Waals surface area (Å²) in [5.74, 6) is 1.90. The zero-order valence-electron chi connectivity index (χ0n) is 13.8. The molecule has 1 aliphatic rings. The van der Waals surface area contributed by atoms with Crippen molar-refractivity contribution in [1.29, 1.82) is 0 Å². The lowest BCUT2D eigenvalue weighted by Crippen LogP contribution is -2.27. The number of nitrogens with zero attached hydrogens (tertiary/aromatic N) is 5. The lowest BCUT2D eigenvalue weighted by Gasteiger charge is -2.15. The largest absolute Gasteiger partial charge is 0.464 e. The number of aryl methyl sites for hydroxylation is 1. The molecule has 0 spiro atoms. The van der Waals surface area contributed by atoms with E-state index >= 15 is 0 Å². The minimum Gasteiger partial charge on any atom is -0.464 e. The van der Waals surface area contributed by atoms with Crippen molar-refractivity contribution in [3.63, 3.8) is 0 Å². The number of amides is 1. The van der Waals surface area contributed by atoms with Crippen molar-refractivity contribution in [1.82, 2.24) is 25.1 Å². The highest BCUT2D eigenvalue weighted by Gasteiger charge is 2.20. The van der Waals surface area contributed by atoms with Gasteiger partial charge in [-0.3, -0.25) is 4.79 Å². The van der Waals surface area contributed by atoms with Crippen LogP contribution in [0.3, 0.4) is 0 Å². The number of thioether (sulfide) groups is 1. The molecule has 1 atom stereocenters. The van der Waals surface area contributed by atoms with Crippen molar-refractivity contribution in [3.8, 4) is 0 Å². The maximum Gasteiger partial charge on any atom is 0.233 e. The van der Waals surface area contributed by atoms with Crippen molar-refractivity contribution < 1.29 is 13.9 Å². The summed E-state index contributed by atoms with van der Waals surface area (Å²) in [5.41, 5.74) is 0. The maximum atomic E-state index is 12.3. The fourth-order valence-electron chi connectivity index (χ4n) is 2.52. The molecule has 1 unspecified atom stereocenters. The van der Waals surface area contributed by atoms with E-state index in [0.29, 0.717) is 18.2 Å². The molecule has 3 rings (SSSR count). The van der Waals surface area contributed by atoms with Gasteiger partial charge < -0.3 is 14.1 Å². The Hall–Kier alpha value is -1.87. The van der Waals surface area contributed by atoms with Gasteiger partial charge in [0.25, 0.3) is 0 Å². The summed E-state index contributed by atoms with van der Waals surface area (Å²) >= 11 is 1.34. The van der Waals surface area contributed by atoms with Crippen LogP contribution in [0.4, 0.5) is 0 Å². The molecular formula is C15H21N5O3S. The number of hydrogen-bond acceptors (Lipinski definition) is 7. The van der Waals surface area contributed by atoms with Gasteiger partial charge in [-0.25, -0.2) is 4.68 Å². The Labute approximate surface area is 144 Å². The first-order chi connectivity index (χ1) is 11.6. The molecule has 0 aromatic carbocycles. The molecular weight excluding hydrogens is 330 g/mol. The van der Waals surface area contributed by atoms with Gasteiger partial charge in [0, 0.05) is 13.7 Å². The smallest absolute Gasteiger partial charge is 0.233 e. The van der Waals surface area contributed by atoms with E-state index in [-0.39, 0.29) is 17.8 Å². The second-order valence-electron chi connectivity index (χ2n) is 5.83. The summed E-state index contributed by atoms with van der Waals surface area (Å²) in [7, 11) is 1.76. The van der Waals surface area contributed by atoms with Crippen molar-refractivity contribution in [2.75, 3.05) is 19.4 Å². The molecule has 8 nitrogen and oxygen atoms in total. The highest BCUT2D eigenvalue weighted by molar-refractivity contribution is 7.99. The number of aromatic nitrogens is 4. The molecule has 2 aromatic heterocycles. The van der Waals surface area contributed by atoms with Crippen molar-refractivity contribution in [2.45, 2.75) is 44.1 Å². The third-order valence-electron chi connectivity index (χ3n) is 3.84. The summed E-state index contributed by atoms with van der Waals surface area (Å²) in [6.07, 6.45) is 2.26. The molecule has 0 aliphatic carbocycles.